The van der Waals surface area contributed by atoms with E-state index in [9.17, 15) is 9.59 Å². The first kappa shape index (κ1) is 23.9. The van der Waals surface area contributed by atoms with E-state index in [2.05, 4.69) is 59.1 Å². The molecule has 2 saturated heterocycles. The lowest BCUT2D eigenvalue weighted by Crippen LogP contribution is -2.53. The van der Waals surface area contributed by atoms with Crippen molar-refractivity contribution in [1.82, 2.24) is 19.7 Å². The zero-order chi connectivity index (χ0) is 23.4. The number of piperidine rings is 1. The average Bonchev–Trinajstić information content (AvgIpc) is 3.25. The highest BCUT2D eigenvalue weighted by Crippen LogP contribution is 2.26. The zero-order valence-corrected chi connectivity index (χ0v) is 20.8. The molecule has 1 aromatic heterocycles. The predicted octanol–water partition coefficient (Wildman–Crippen LogP) is 3.38. The van der Waals surface area contributed by atoms with Crippen LogP contribution < -0.4 is 5.32 Å². The number of hydrogen-bond donors (Lipinski definition) is 1. The van der Waals surface area contributed by atoms with E-state index in [1.165, 1.54) is 28.9 Å². The minimum absolute atomic E-state index is 0.0392. The molecule has 0 spiro atoms. The molecule has 2 aliphatic heterocycles. The van der Waals surface area contributed by atoms with E-state index in [0.29, 0.717) is 24.3 Å². The van der Waals surface area contributed by atoms with Gasteiger partial charge >= 0.3 is 0 Å². The van der Waals surface area contributed by atoms with Crippen LogP contribution in [-0.4, -0.2) is 83.4 Å². The molecule has 3 heterocycles. The van der Waals surface area contributed by atoms with Gasteiger partial charge in [0.1, 0.15) is 0 Å². The molecule has 33 heavy (non-hydrogen) atoms. The molecule has 1 unspecified atom stereocenters. The minimum Gasteiger partial charge on any atom is -0.339 e. The van der Waals surface area contributed by atoms with Crippen LogP contribution in [0.4, 0.5) is 5.13 Å². The Balaban J connectivity index is 1.21. The summed E-state index contributed by atoms with van der Waals surface area (Å²) in [7, 11) is 0. The Morgan fingerprint density at radius 2 is 1.76 bits per heavy atom. The molecule has 2 aromatic rings. The molecule has 0 radical (unpaired) electrons. The molecule has 2 amide bonds. The van der Waals surface area contributed by atoms with Crippen molar-refractivity contribution < 1.29 is 9.59 Å². The monoisotopic (exact) mass is 469 g/mol. The van der Waals surface area contributed by atoms with Crippen molar-refractivity contribution in [2.45, 2.75) is 46.1 Å². The van der Waals surface area contributed by atoms with Crippen LogP contribution in [-0.2, 0) is 9.59 Å². The van der Waals surface area contributed by atoms with Crippen LogP contribution in [0, 0.1) is 13.8 Å². The third-order valence-corrected chi connectivity index (χ3v) is 7.63. The van der Waals surface area contributed by atoms with E-state index in [1.54, 1.807) is 0 Å². The average molecular weight is 470 g/mol. The molecule has 0 aliphatic carbocycles. The number of likely N-dealkylation sites (tertiary alicyclic amines) is 1. The normalized spacial score (nSPS) is 20.1. The summed E-state index contributed by atoms with van der Waals surface area (Å²) in [5, 5.41) is 5.57. The standard InChI is InChI=1S/C25H35N5O2S/c1-18-7-8-21(14-19(18)2)22-17-33-25(26-22)27-23(31)15-28-10-12-29(13-11-28)16-24(32)30-9-5-4-6-20(30)3/h7-8,14,17,20H,4-6,9-13,15-16H2,1-3H3,(H,26,27,31). The second kappa shape index (κ2) is 10.8. The Hall–Kier alpha value is -2.29. The lowest BCUT2D eigenvalue weighted by molar-refractivity contribution is -0.136. The first-order valence-electron chi connectivity index (χ1n) is 12.0. The molecule has 7 nitrogen and oxygen atoms in total. The highest BCUT2D eigenvalue weighted by Gasteiger charge is 2.26. The van der Waals surface area contributed by atoms with Crippen LogP contribution >= 0.6 is 11.3 Å². The van der Waals surface area contributed by atoms with Gasteiger partial charge in [0.15, 0.2) is 5.13 Å². The van der Waals surface area contributed by atoms with Crippen molar-refractivity contribution >= 4 is 28.3 Å². The van der Waals surface area contributed by atoms with Gasteiger partial charge in [-0.2, -0.15) is 0 Å². The Labute approximate surface area is 200 Å². The quantitative estimate of drug-likeness (QED) is 0.702. The summed E-state index contributed by atoms with van der Waals surface area (Å²) in [6, 6.07) is 6.66. The molecule has 1 aromatic carbocycles. The molecule has 1 N–H and O–H groups in total. The van der Waals surface area contributed by atoms with Crippen LogP contribution in [0.25, 0.3) is 11.3 Å². The summed E-state index contributed by atoms with van der Waals surface area (Å²) in [4.78, 5) is 36.3. The van der Waals surface area contributed by atoms with Crippen molar-refractivity contribution in [2.24, 2.45) is 0 Å². The van der Waals surface area contributed by atoms with Crippen LogP contribution in [0.1, 0.15) is 37.3 Å². The third-order valence-electron chi connectivity index (χ3n) is 6.87. The molecular weight excluding hydrogens is 434 g/mol. The van der Waals surface area contributed by atoms with E-state index >= 15 is 0 Å². The van der Waals surface area contributed by atoms with Gasteiger partial charge in [-0.05, 0) is 57.2 Å². The number of piperazine rings is 1. The summed E-state index contributed by atoms with van der Waals surface area (Å²) >= 11 is 1.45. The maximum atomic E-state index is 12.7. The number of thiazole rings is 1. The number of rotatable bonds is 6. The fourth-order valence-corrected chi connectivity index (χ4v) is 5.32. The molecule has 4 rings (SSSR count). The van der Waals surface area contributed by atoms with E-state index in [4.69, 9.17) is 0 Å². The molecule has 2 aliphatic rings. The van der Waals surface area contributed by atoms with Crippen LogP contribution in [0.2, 0.25) is 0 Å². The van der Waals surface area contributed by atoms with Gasteiger partial charge in [-0.15, -0.1) is 11.3 Å². The molecule has 1 atom stereocenters. The summed E-state index contributed by atoms with van der Waals surface area (Å²) < 4.78 is 0. The summed E-state index contributed by atoms with van der Waals surface area (Å²) in [5.41, 5.74) is 4.45. The van der Waals surface area contributed by atoms with Gasteiger partial charge in [0, 0.05) is 49.7 Å². The number of nitrogens with zero attached hydrogens (tertiary/aromatic N) is 4. The fourth-order valence-electron chi connectivity index (χ4n) is 4.58. The van der Waals surface area contributed by atoms with Crippen molar-refractivity contribution in [3.63, 3.8) is 0 Å². The van der Waals surface area contributed by atoms with Gasteiger partial charge in [0.05, 0.1) is 18.8 Å². The van der Waals surface area contributed by atoms with Gasteiger partial charge in [0.2, 0.25) is 11.8 Å². The number of amides is 2. The lowest BCUT2D eigenvalue weighted by atomic mass is 10.0. The highest BCUT2D eigenvalue weighted by molar-refractivity contribution is 7.14. The maximum absolute atomic E-state index is 12.7. The Bertz CT molecular complexity index is 983. The minimum atomic E-state index is -0.0392. The molecule has 2 fully saturated rings. The van der Waals surface area contributed by atoms with Gasteiger partial charge in [-0.3, -0.25) is 19.4 Å². The van der Waals surface area contributed by atoms with Gasteiger partial charge in [0.25, 0.3) is 0 Å². The van der Waals surface area contributed by atoms with Crippen LogP contribution in [0.3, 0.4) is 0 Å². The second-order valence-corrected chi connectivity index (χ2v) is 10.2. The number of aryl methyl sites for hydroxylation is 2. The van der Waals surface area contributed by atoms with E-state index in [0.717, 1.165) is 56.8 Å². The smallest absolute Gasteiger partial charge is 0.240 e. The van der Waals surface area contributed by atoms with E-state index in [-0.39, 0.29) is 11.8 Å². The lowest BCUT2D eigenvalue weighted by Gasteiger charge is -2.37. The number of benzene rings is 1. The number of carbonyl (C=O) groups is 2. The third kappa shape index (κ3) is 6.19. The Morgan fingerprint density at radius 1 is 1.03 bits per heavy atom. The Morgan fingerprint density at radius 3 is 2.45 bits per heavy atom. The Kier molecular flexibility index (Phi) is 7.78. The van der Waals surface area contributed by atoms with Gasteiger partial charge in [-0.25, -0.2) is 4.98 Å². The van der Waals surface area contributed by atoms with Crippen molar-refractivity contribution in [2.75, 3.05) is 51.1 Å². The largest absolute Gasteiger partial charge is 0.339 e. The summed E-state index contributed by atoms with van der Waals surface area (Å²) in [6.45, 7) is 11.3. The number of anilines is 1. The van der Waals surface area contributed by atoms with Crippen molar-refractivity contribution in [3.8, 4) is 11.3 Å². The molecule has 0 bridgehead atoms. The highest BCUT2D eigenvalue weighted by atomic mass is 32.1. The van der Waals surface area contributed by atoms with Crippen LogP contribution in [0.5, 0.6) is 0 Å². The number of hydrogen-bond acceptors (Lipinski definition) is 6. The molecule has 8 heteroatoms. The number of carbonyl (C=O) groups excluding carboxylic acids is 2. The van der Waals surface area contributed by atoms with Gasteiger partial charge in [-0.1, -0.05) is 12.1 Å². The molecule has 178 valence electrons. The van der Waals surface area contributed by atoms with Crippen molar-refractivity contribution in [3.05, 3.63) is 34.7 Å². The van der Waals surface area contributed by atoms with E-state index < -0.39 is 0 Å². The first-order chi connectivity index (χ1) is 15.9. The second-order valence-electron chi connectivity index (χ2n) is 9.37. The first-order valence-corrected chi connectivity index (χ1v) is 12.8. The predicted molar refractivity (Wildman–Crippen MR) is 134 cm³/mol. The fraction of sp³-hybridized carbons (Fsp3) is 0.560. The van der Waals surface area contributed by atoms with Crippen molar-refractivity contribution in [1.29, 1.82) is 0 Å². The molecular formula is C25H35N5O2S. The SMILES string of the molecule is Cc1ccc(-c2csc(NC(=O)CN3CCN(CC(=O)N4CCCCC4C)CC3)n2)cc1C. The zero-order valence-electron chi connectivity index (χ0n) is 20.0. The van der Waals surface area contributed by atoms with Gasteiger partial charge < -0.3 is 10.2 Å². The summed E-state index contributed by atoms with van der Waals surface area (Å²) in [6.07, 6.45) is 3.45. The number of nitrogens with one attached hydrogen (secondary N) is 1. The van der Waals surface area contributed by atoms with E-state index in [1.807, 2.05) is 10.3 Å². The maximum Gasteiger partial charge on any atom is 0.240 e. The number of aromatic nitrogens is 1. The topological polar surface area (TPSA) is 68.8 Å². The molecule has 0 saturated carbocycles. The van der Waals surface area contributed by atoms with Crippen LogP contribution in [0.15, 0.2) is 23.6 Å². The summed E-state index contributed by atoms with van der Waals surface area (Å²) in [5.74, 6) is 0.208.